The van der Waals surface area contributed by atoms with Crippen molar-refractivity contribution in [3.05, 3.63) is 0 Å². The van der Waals surface area contributed by atoms with Crippen LogP contribution in [0, 0.1) is 5.41 Å². The zero-order valence-corrected chi connectivity index (χ0v) is 9.60. The van der Waals surface area contributed by atoms with E-state index in [0.717, 1.165) is 0 Å². The summed E-state index contributed by atoms with van der Waals surface area (Å²) < 4.78 is 29.9. The minimum absolute atomic E-state index is 0.171. The van der Waals surface area contributed by atoms with Crippen molar-refractivity contribution in [2.24, 2.45) is 5.73 Å². The molecule has 92 valence electrons. The van der Waals surface area contributed by atoms with Crippen LogP contribution >= 0.6 is 11.8 Å². The topological polar surface area (TPSA) is 161 Å². The molecule has 15 heavy (non-hydrogen) atoms. The smallest absolute Gasteiger partial charge is 0.351 e. The van der Waals surface area contributed by atoms with Crippen molar-refractivity contribution in [3.63, 3.8) is 0 Å². The Balaban J connectivity index is 0. The van der Waals surface area contributed by atoms with Gasteiger partial charge in [-0.1, -0.05) is 21.1 Å². The summed E-state index contributed by atoms with van der Waals surface area (Å²) in [5.41, 5.74) is 4.84. The summed E-state index contributed by atoms with van der Waals surface area (Å²) in [7, 11) is 0. The molecular formula is C2H8N2O8S3. The quantitative estimate of drug-likeness (QED) is 0.220. The SMILES string of the molecule is CSC(=N)N.O=S(OO)OS(=O)OOO. The van der Waals surface area contributed by atoms with Gasteiger partial charge in [-0.15, -0.1) is 7.96 Å². The van der Waals surface area contributed by atoms with E-state index in [0.29, 0.717) is 0 Å². The highest BCUT2D eigenvalue weighted by molar-refractivity contribution is 8.13. The van der Waals surface area contributed by atoms with Crippen LogP contribution in [0.25, 0.3) is 0 Å². The molecule has 0 spiro atoms. The Morgan fingerprint density at radius 3 is 2.13 bits per heavy atom. The van der Waals surface area contributed by atoms with Crippen LogP contribution in [-0.4, -0.2) is 30.4 Å². The molecule has 0 aromatic rings. The van der Waals surface area contributed by atoms with Crippen molar-refractivity contribution >= 4 is 39.7 Å². The number of nitrogens with two attached hydrogens (primary N) is 1. The second kappa shape index (κ2) is 12.0. The van der Waals surface area contributed by atoms with E-state index in [1.807, 2.05) is 0 Å². The standard InChI is InChI=1S/C2H6N2S.H2O8S2/c1-5-2(3)4;1-5-7-10(4)8-9(3)6-2/h1H3,(H3,3,4);1-2H. The molecule has 0 aromatic carbocycles. The third-order valence-electron chi connectivity index (χ3n) is 0.478. The highest BCUT2D eigenvalue weighted by Crippen LogP contribution is 1.93. The average molecular weight is 284 g/mol. The molecule has 10 nitrogen and oxygen atoms in total. The fourth-order valence-electron chi connectivity index (χ4n) is 0.0940. The molecule has 0 saturated heterocycles. The summed E-state index contributed by atoms with van der Waals surface area (Å²) in [6.07, 6.45) is 1.77. The van der Waals surface area contributed by atoms with Gasteiger partial charge >= 0.3 is 22.7 Å². The van der Waals surface area contributed by atoms with Crippen molar-refractivity contribution in [1.29, 1.82) is 5.41 Å². The van der Waals surface area contributed by atoms with Crippen LogP contribution in [0.5, 0.6) is 0 Å². The predicted molar refractivity (Wildman–Crippen MR) is 51.3 cm³/mol. The van der Waals surface area contributed by atoms with E-state index >= 15 is 0 Å². The molecule has 0 amide bonds. The number of nitrogens with one attached hydrogen (secondary N) is 1. The van der Waals surface area contributed by atoms with Gasteiger partial charge in [-0.2, -0.15) is 8.42 Å². The van der Waals surface area contributed by atoms with Gasteiger partial charge in [-0.05, 0) is 6.26 Å². The largest absolute Gasteiger partial charge is 0.379 e. The molecule has 2 unspecified atom stereocenters. The Kier molecular flexibility index (Phi) is 13.8. The average Bonchev–Trinajstić information content (AvgIpc) is 2.18. The summed E-state index contributed by atoms with van der Waals surface area (Å²) in [5.74, 6) is 0. The number of thioether (sulfide) groups is 1. The Hall–Kier alpha value is -0.120. The van der Waals surface area contributed by atoms with E-state index < -0.39 is 22.7 Å². The summed E-state index contributed by atoms with van der Waals surface area (Å²) >= 11 is -3.99. The molecule has 0 bridgehead atoms. The van der Waals surface area contributed by atoms with E-state index in [2.05, 4.69) is 17.3 Å². The zero-order chi connectivity index (χ0) is 12.3. The van der Waals surface area contributed by atoms with Crippen LogP contribution in [0.2, 0.25) is 0 Å². The van der Waals surface area contributed by atoms with Crippen molar-refractivity contribution in [3.8, 4) is 0 Å². The lowest BCUT2D eigenvalue weighted by Crippen LogP contribution is -2.05. The van der Waals surface area contributed by atoms with Gasteiger partial charge in [0.2, 0.25) is 0 Å². The molecule has 0 aliphatic carbocycles. The fourth-order valence-corrected chi connectivity index (χ4v) is 0.697. The van der Waals surface area contributed by atoms with Gasteiger partial charge in [0.05, 0.1) is 0 Å². The first-order chi connectivity index (χ1) is 6.97. The van der Waals surface area contributed by atoms with Gasteiger partial charge in [0, 0.05) is 0 Å². The van der Waals surface area contributed by atoms with Crippen LogP contribution in [0.4, 0.5) is 0 Å². The summed E-state index contributed by atoms with van der Waals surface area (Å²) in [6, 6.07) is 0. The monoisotopic (exact) mass is 284 g/mol. The normalized spacial score (nSPS) is 13.5. The first kappa shape index (κ1) is 17.3. The van der Waals surface area contributed by atoms with Crippen molar-refractivity contribution in [1.82, 2.24) is 0 Å². The van der Waals surface area contributed by atoms with Gasteiger partial charge in [0.1, 0.15) is 0 Å². The molecule has 2 atom stereocenters. The maximum Gasteiger partial charge on any atom is 0.351 e. The molecule has 0 rings (SSSR count). The van der Waals surface area contributed by atoms with Gasteiger partial charge in [-0.25, -0.2) is 10.5 Å². The number of rotatable bonds is 5. The van der Waals surface area contributed by atoms with Gasteiger partial charge < -0.3 is 5.73 Å². The van der Waals surface area contributed by atoms with Crippen molar-refractivity contribution < 1.29 is 36.3 Å². The van der Waals surface area contributed by atoms with Crippen LogP contribution in [0.3, 0.4) is 0 Å². The van der Waals surface area contributed by atoms with Crippen LogP contribution in [-0.2, 0) is 40.1 Å². The Morgan fingerprint density at radius 2 is 1.87 bits per heavy atom. The molecule has 0 fully saturated rings. The van der Waals surface area contributed by atoms with Gasteiger partial charge in [0.15, 0.2) is 5.17 Å². The number of hydrogen-bond acceptors (Lipinski definition) is 10. The lowest BCUT2D eigenvalue weighted by atomic mass is 11.4. The Morgan fingerprint density at radius 1 is 1.40 bits per heavy atom. The van der Waals surface area contributed by atoms with Crippen LogP contribution < -0.4 is 5.73 Å². The Bertz CT molecular complexity index is 222. The minimum atomic E-state index is -2.62. The van der Waals surface area contributed by atoms with Crippen molar-refractivity contribution in [2.75, 3.05) is 6.26 Å². The van der Waals surface area contributed by atoms with Crippen molar-refractivity contribution in [2.45, 2.75) is 0 Å². The number of hydrogen-bond donors (Lipinski definition) is 4. The van der Waals surface area contributed by atoms with Crippen LogP contribution in [0.15, 0.2) is 0 Å². The maximum atomic E-state index is 10.0. The molecule has 5 N–H and O–H groups in total. The molecule has 0 aliphatic heterocycles. The summed E-state index contributed by atoms with van der Waals surface area (Å²) in [4.78, 5) is 0. The second-order valence-electron chi connectivity index (χ2n) is 1.26. The molecular weight excluding hydrogens is 276 g/mol. The summed E-state index contributed by atoms with van der Waals surface area (Å²) in [6.45, 7) is 0. The van der Waals surface area contributed by atoms with E-state index in [-0.39, 0.29) is 5.17 Å². The number of amidine groups is 1. The molecule has 0 aromatic heterocycles. The fraction of sp³-hybridized carbons (Fsp3) is 0.500. The summed E-state index contributed by atoms with van der Waals surface area (Å²) in [5, 5.41) is 24.5. The maximum absolute atomic E-state index is 10.0. The first-order valence-corrected chi connectivity index (χ1v) is 5.91. The molecule has 13 heteroatoms. The van der Waals surface area contributed by atoms with Crippen LogP contribution in [0.1, 0.15) is 0 Å². The molecule has 0 radical (unpaired) electrons. The van der Waals surface area contributed by atoms with E-state index in [1.165, 1.54) is 11.8 Å². The molecule has 0 saturated carbocycles. The van der Waals surface area contributed by atoms with E-state index in [9.17, 15) is 8.42 Å². The van der Waals surface area contributed by atoms with Gasteiger partial charge in [-0.3, -0.25) is 5.41 Å². The zero-order valence-electron chi connectivity index (χ0n) is 7.15. The van der Waals surface area contributed by atoms with Gasteiger partial charge in [0.25, 0.3) is 0 Å². The third kappa shape index (κ3) is 16.5. The lowest BCUT2D eigenvalue weighted by Gasteiger charge is -1.93. The molecule has 0 aliphatic rings. The second-order valence-corrected chi connectivity index (χ2v) is 3.76. The highest BCUT2D eigenvalue weighted by atomic mass is 32.3. The minimum Gasteiger partial charge on any atom is -0.379 e. The molecule has 0 heterocycles. The Labute approximate surface area is 93.7 Å². The highest BCUT2D eigenvalue weighted by Gasteiger charge is 2.08. The van der Waals surface area contributed by atoms with E-state index in [4.69, 9.17) is 21.7 Å². The predicted octanol–water partition coefficient (Wildman–Crippen LogP) is -0.686. The lowest BCUT2D eigenvalue weighted by molar-refractivity contribution is -0.436. The first-order valence-electron chi connectivity index (χ1n) is 2.68. The third-order valence-corrected chi connectivity index (χ3v) is 2.10. The van der Waals surface area contributed by atoms with E-state index in [1.54, 1.807) is 6.26 Å².